The number of carbonyl (C=O) groups excluding carboxylic acids is 1. The first-order valence-electron chi connectivity index (χ1n) is 14.8. The molecule has 4 N–H and O–H groups in total. The molecule has 2 aromatic carbocycles. The van der Waals surface area contributed by atoms with Gasteiger partial charge in [0.2, 0.25) is 5.91 Å². The molecule has 4 aromatic rings. The second-order valence-corrected chi connectivity index (χ2v) is 14.3. The Morgan fingerprint density at radius 2 is 1.37 bits per heavy atom. The SMILES string of the molecule is CC(C)(C)Cc1ncc(-c2ccc(-c3ccc(-c4cnc(C(NC(=O)C5(C)CC(F)(F)CN5)C(C)(C)C)[nH]4)cc3)cc2)[nH]1. The maximum Gasteiger partial charge on any atom is 0.262 e. The predicted molar refractivity (Wildman–Crippen MR) is 167 cm³/mol. The Balaban J connectivity index is 1.29. The maximum absolute atomic E-state index is 13.9. The largest absolute Gasteiger partial charge is 0.344 e. The number of rotatable bonds is 7. The lowest BCUT2D eigenvalue weighted by Crippen LogP contribution is -2.53. The van der Waals surface area contributed by atoms with E-state index >= 15 is 0 Å². The number of benzene rings is 2. The lowest BCUT2D eigenvalue weighted by molar-refractivity contribution is -0.129. The van der Waals surface area contributed by atoms with Crippen molar-refractivity contribution in [2.75, 3.05) is 6.54 Å². The van der Waals surface area contributed by atoms with Gasteiger partial charge in [-0.1, -0.05) is 90.1 Å². The Labute approximate surface area is 252 Å². The lowest BCUT2D eigenvalue weighted by Gasteiger charge is -2.33. The predicted octanol–water partition coefficient (Wildman–Crippen LogP) is 7.31. The first-order valence-corrected chi connectivity index (χ1v) is 14.8. The van der Waals surface area contributed by atoms with Gasteiger partial charge in [-0.2, -0.15) is 0 Å². The van der Waals surface area contributed by atoms with Gasteiger partial charge in [0.1, 0.15) is 17.2 Å². The molecule has 7 nitrogen and oxygen atoms in total. The summed E-state index contributed by atoms with van der Waals surface area (Å²) in [4.78, 5) is 29.1. The standard InChI is InChI=1S/C34H42F2N6O/c1-31(2,3)16-27-37-17-25(40-27)23-12-8-21(9-13-23)22-10-14-24(15-11-22)26-18-38-29(41-26)28(32(4,5)6)42-30(43)33(7)19-34(35,36)20-39-33/h8-15,17-18,28,39H,16,19-20H2,1-7H3,(H,37,40)(H,38,41)(H,42,43). The molecule has 3 heterocycles. The fourth-order valence-electron chi connectivity index (χ4n) is 5.53. The topological polar surface area (TPSA) is 98.5 Å². The second-order valence-electron chi connectivity index (χ2n) is 14.3. The van der Waals surface area contributed by atoms with Crippen LogP contribution in [0.1, 0.15) is 72.6 Å². The quantitative estimate of drug-likeness (QED) is 0.182. The van der Waals surface area contributed by atoms with Crippen LogP contribution in [0.2, 0.25) is 0 Å². The van der Waals surface area contributed by atoms with Crippen LogP contribution in [0, 0.1) is 10.8 Å². The highest BCUT2D eigenvalue weighted by Crippen LogP contribution is 2.36. The van der Waals surface area contributed by atoms with Gasteiger partial charge in [-0.15, -0.1) is 0 Å². The number of aromatic nitrogens is 4. The molecule has 2 unspecified atom stereocenters. The third-order valence-electron chi connectivity index (χ3n) is 7.91. The summed E-state index contributed by atoms with van der Waals surface area (Å²) in [6.07, 6.45) is 3.98. The number of hydrogen-bond donors (Lipinski definition) is 4. The third-order valence-corrected chi connectivity index (χ3v) is 7.91. The molecule has 43 heavy (non-hydrogen) atoms. The summed E-state index contributed by atoms with van der Waals surface area (Å²) in [5.41, 5.74) is 4.45. The van der Waals surface area contributed by atoms with Crippen molar-refractivity contribution in [3.05, 3.63) is 72.6 Å². The van der Waals surface area contributed by atoms with Gasteiger partial charge in [0, 0.05) is 12.8 Å². The molecule has 0 saturated carbocycles. The van der Waals surface area contributed by atoms with Crippen LogP contribution in [0.3, 0.4) is 0 Å². The average molecular weight is 589 g/mol. The third kappa shape index (κ3) is 7.04. The normalized spacial score (nSPS) is 19.4. The number of nitrogens with one attached hydrogen (secondary N) is 4. The van der Waals surface area contributed by atoms with Gasteiger partial charge in [0.15, 0.2) is 0 Å². The number of alkyl halides is 2. The zero-order chi connectivity index (χ0) is 31.2. The highest BCUT2D eigenvalue weighted by molar-refractivity contribution is 5.87. The minimum atomic E-state index is -2.91. The molecule has 1 saturated heterocycles. The number of hydrogen-bond acceptors (Lipinski definition) is 4. The van der Waals surface area contributed by atoms with Crippen molar-refractivity contribution >= 4 is 5.91 Å². The molecule has 1 aliphatic rings. The minimum Gasteiger partial charge on any atom is -0.344 e. The zero-order valence-corrected chi connectivity index (χ0v) is 26.0. The molecule has 0 aliphatic carbocycles. The lowest BCUT2D eigenvalue weighted by atomic mass is 9.85. The molecular formula is C34H42F2N6O. The van der Waals surface area contributed by atoms with Gasteiger partial charge in [-0.05, 0) is 40.0 Å². The van der Waals surface area contributed by atoms with Crippen molar-refractivity contribution < 1.29 is 13.6 Å². The van der Waals surface area contributed by atoms with Crippen LogP contribution in [0.25, 0.3) is 33.6 Å². The molecule has 0 bridgehead atoms. The number of amides is 1. The summed E-state index contributed by atoms with van der Waals surface area (Å²) in [6.45, 7) is 13.6. The van der Waals surface area contributed by atoms with Crippen LogP contribution in [0.15, 0.2) is 60.9 Å². The Bertz CT molecular complexity index is 1570. The van der Waals surface area contributed by atoms with E-state index in [-0.39, 0.29) is 5.41 Å². The number of halogens is 2. The summed E-state index contributed by atoms with van der Waals surface area (Å²) in [5, 5.41) is 5.69. The summed E-state index contributed by atoms with van der Waals surface area (Å²) >= 11 is 0. The molecule has 2 atom stereocenters. The number of H-pyrrole nitrogens is 2. The van der Waals surface area contributed by atoms with E-state index in [0.29, 0.717) is 5.82 Å². The molecule has 0 radical (unpaired) electrons. The van der Waals surface area contributed by atoms with E-state index in [1.165, 1.54) is 6.92 Å². The van der Waals surface area contributed by atoms with Crippen molar-refractivity contribution in [3.8, 4) is 33.6 Å². The molecule has 1 fully saturated rings. The summed E-state index contributed by atoms with van der Waals surface area (Å²) < 4.78 is 27.8. The van der Waals surface area contributed by atoms with Crippen LogP contribution < -0.4 is 10.6 Å². The molecule has 1 amide bonds. The van der Waals surface area contributed by atoms with Gasteiger partial charge in [-0.3, -0.25) is 10.1 Å². The fraction of sp³-hybridized carbons (Fsp3) is 0.441. The van der Waals surface area contributed by atoms with Gasteiger partial charge in [-0.25, -0.2) is 18.7 Å². The van der Waals surface area contributed by atoms with E-state index in [1.54, 1.807) is 6.20 Å². The molecule has 5 rings (SSSR count). The molecule has 228 valence electrons. The second kappa shape index (κ2) is 11.0. The summed E-state index contributed by atoms with van der Waals surface area (Å²) in [5.74, 6) is -1.81. The Hall–Kier alpha value is -3.85. The van der Waals surface area contributed by atoms with E-state index in [0.717, 1.165) is 45.9 Å². The van der Waals surface area contributed by atoms with Crippen molar-refractivity contribution in [3.63, 3.8) is 0 Å². The van der Waals surface area contributed by atoms with Crippen molar-refractivity contribution in [2.45, 2.75) is 78.8 Å². The molecule has 0 spiro atoms. The Kier molecular flexibility index (Phi) is 7.84. The fourth-order valence-corrected chi connectivity index (χ4v) is 5.53. The number of imidazole rings is 2. The number of aromatic amines is 2. The smallest absolute Gasteiger partial charge is 0.262 e. The highest BCUT2D eigenvalue weighted by atomic mass is 19.3. The van der Waals surface area contributed by atoms with E-state index in [1.807, 2.05) is 39.1 Å². The van der Waals surface area contributed by atoms with E-state index in [4.69, 9.17) is 0 Å². The summed E-state index contributed by atoms with van der Waals surface area (Å²) in [7, 11) is 0. The number of carbonyl (C=O) groups is 1. The molecule has 9 heteroatoms. The van der Waals surface area contributed by atoms with Crippen molar-refractivity contribution in [2.24, 2.45) is 10.8 Å². The van der Waals surface area contributed by atoms with Crippen LogP contribution in [-0.2, 0) is 11.2 Å². The van der Waals surface area contributed by atoms with Crippen molar-refractivity contribution in [1.29, 1.82) is 0 Å². The van der Waals surface area contributed by atoms with Crippen molar-refractivity contribution in [1.82, 2.24) is 30.6 Å². The van der Waals surface area contributed by atoms with E-state index in [2.05, 4.69) is 87.7 Å². The van der Waals surface area contributed by atoms with Gasteiger partial charge in [0.25, 0.3) is 5.92 Å². The monoisotopic (exact) mass is 588 g/mol. The zero-order valence-electron chi connectivity index (χ0n) is 26.0. The van der Waals surface area contributed by atoms with E-state index < -0.39 is 41.8 Å². The Morgan fingerprint density at radius 3 is 1.86 bits per heavy atom. The van der Waals surface area contributed by atoms with Gasteiger partial charge in [0.05, 0.1) is 36.4 Å². The molecule has 2 aromatic heterocycles. The van der Waals surface area contributed by atoms with Crippen LogP contribution >= 0.6 is 0 Å². The highest BCUT2D eigenvalue weighted by Gasteiger charge is 2.51. The molecule has 1 aliphatic heterocycles. The van der Waals surface area contributed by atoms with Gasteiger partial charge < -0.3 is 15.3 Å². The van der Waals surface area contributed by atoms with Crippen LogP contribution in [-0.4, -0.2) is 43.8 Å². The van der Waals surface area contributed by atoms with E-state index in [9.17, 15) is 13.6 Å². The van der Waals surface area contributed by atoms with Crippen LogP contribution in [0.5, 0.6) is 0 Å². The van der Waals surface area contributed by atoms with Gasteiger partial charge >= 0.3 is 0 Å². The first kappa shape index (κ1) is 30.6. The maximum atomic E-state index is 13.9. The minimum absolute atomic E-state index is 0.168. The van der Waals surface area contributed by atoms with Crippen LogP contribution in [0.4, 0.5) is 8.78 Å². The average Bonchev–Trinajstić information content (AvgIpc) is 3.65. The first-order chi connectivity index (χ1) is 20.0. The Morgan fingerprint density at radius 1 is 0.860 bits per heavy atom. The summed E-state index contributed by atoms with van der Waals surface area (Å²) in [6, 6.07) is 16.1. The molecular weight excluding hydrogens is 546 g/mol. The number of nitrogens with zero attached hydrogens (tertiary/aromatic N) is 2.